The fourth-order valence-electron chi connectivity index (χ4n) is 2.03. The topological polar surface area (TPSA) is 48.1 Å². The van der Waals surface area contributed by atoms with E-state index in [0.29, 0.717) is 6.61 Å². The molecule has 2 N–H and O–H groups in total. The van der Waals surface area contributed by atoms with Gasteiger partial charge in [-0.05, 0) is 56.2 Å². The number of hydrogen-bond acceptors (Lipinski definition) is 3. The van der Waals surface area contributed by atoms with Crippen molar-refractivity contribution in [2.75, 3.05) is 0 Å². The molecule has 4 heteroatoms. The molecule has 1 atom stereocenters. The molecule has 0 aliphatic rings. The van der Waals surface area contributed by atoms with Crippen LogP contribution in [0.25, 0.3) is 0 Å². The first-order chi connectivity index (χ1) is 9.54. The van der Waals surface area contributed by atoms with Gasteiger partial charge in [-0.25, -0.2) is 0 Å². The number of halogens is 1. The van der Waals surface area contributed by atoms with E-state index in [1.807, 2.05) is 44.2 Å². The molecule has 1 heterocycles. The molecule has 0 saturated carbocycles. The smallest absolute Gasteiger partial charge is 0.130 e. The summed E-state index contributed by atoms with van der Waals surface area (Å²) in [6, 6.07) is 12.0. The van der Waals surface area contributed by atoms with Crippen molar-refractivity contribution >= 4 is 15.9 Å². The Balaban J connectivity index is 2.12. The second-order valence-electron chi connectivity index (χ2n) is 4.99. The molecule has 1 aromatic carbocycles. The van der Waals surface area contributed by atoms with Crippen LogP contribution < -0.4 is 10.5 Å². The minimum absolute atomic E-state index is 0.101. The molecule has 1 unspecified atom stereocenters. The van der Waals surface area contributed by atoms with E-state index in [1.54, 1.807) is 0 Å². The van der Waals surface area contributed by atoms with E-state index in [2.05, 4.69) is 27.0 Å². The van der Waals surface area contributed by atoms with Crippen LogP contribution in [0.5, 0.6) is 5.75 Å². The van der Waals surface area contributed by atoms with Crippen molar-refractivity contribution in [3.05, 3.63) is 57.8 Å². The van der Waals surface area contributed by atoms with Gasteiger partial charge in [0.15, 0.2) is 0 Å². The quantitative estimate of drug-likeness (QED) is 0.908. The Labute approximate surface area is 128 Å². The van der Waals surface area contributed by atoms with Crippen LogP contribution in [0.4, 0.5) is 0 Å². The summed E-state index contributed by atoms with van der Waals surface area (Å²) >= 11 is 3.48. The zero-order valence-corrected chi connectivity index (χ0v) is 13.4. The number of rotatable bonds is 5. The number of nitrogens with zero attached hydrogens (tertiary/aromatic N) is 1. The number of benzene rings is 1. The van der Waals surface area contributed by atoms with E-state index >= 15 is 0 Å². The second kappa shape index (κ2) is 6.86. The van der Waals surface area contributed by atoms with Crippen molar-refractivity contribution in [2.24, 2.45) is 5.73 Å². The van der Waals surface area contributed by atoms with Crippen LogP contribution in [0.1, 0.15) is 23.9 Å². The highest BCUT2D eigenvalue weighted by Gasteiger charge is 2.08. The highest BCUT2D eigenvalue weighted by molar-refractivity contribution is 9.10. The molecular formula is C16H19BrN2O. The van der Waals surface area contributed by atoms with Crippen molar-refractivity contribution in [1.29, 1.82) is 0 Å². The number of ether oxygens (including phenoxy) is 1. The minimum atomic E-state index is 0.101. The van der Waals surface area contributed by atoms with E-state index in [0.717, 1.165) is 33.6 Å². The van der Waals surface area contributed by atoms with Crippen LogP contribution in [0.2, 0.25) is 0 Å². The van der Waals surface area contributed by atoms with Gasteiger partial charge in [-0.3, -0.25) is 4.98 Å². The van der Waals surface area contributed by atoms with Gasteiger partial charge in [-0.1, -0.05) is 22.0 Å². The lowest BCUT2D eigenvalue weighted by atomic mass is 10.1. The number of hydrogen-bond donors (Lipinski definition) is 1. The lowest BCUT2D eigenvalue weighted by Crippen LogP contribution is -2.18. The van der Waals surface area contributed by atoms with Gasteiger partial charge in [-0.15, -0.1) is 0 Å². The molecule has 20 heavy (non-hydrogen) atoms. The van der Waals surface area contributed by atoms with Crippen molar-refractivity contribution in [1.82, 2.24) is 4.98 Å². The largest absolute Gasteiger partial charge is 0.487 e. The van der Waals surface area contributed by atoms with Gasteiger partial charge < -0.3 is 10.5 Å². The molecule has 1 aromatic heterocycles. The third kappa shape index (κ3) is 4.32. The van der Waals surface area contributed by atoms with E-state index in [9.17, 15) is 0 Å². The van der Waals surface area contributed by atoms with Gasteiger partial charge in [-0.2, -0.15) is 0 Å². The fraction of sp³-hybridized carbons (Fsp3) is 0.312. The summed E-state index contributed by atoms with van der Waals surface area (Å²) in [7, 11) is 0. The Morgan fingerprint density at radius 2 is 2.10 bits per heavy atom. The second-order valence-corrected chi connectivity index (χ2v) is 5.91. The first-order valence-corrected chi connectivity index (χ1v) is 7.43. The Kier molecular flexibility index (Phi) is 5.15. The molecule has 0 fully saturated rings. The Morgan fingerprint density at radius 3 is 2.80 bits per heavy atom. The third-order valence-corrected chi connectivity index (χ3v) is 3.38. The number of pyridine rings is 1. The van der Waals surface area contributed by atoms with E-state index in [1.165, 1.54) is 0 Å². The van der Waals surface area contributed by atoms with E-state index in [4.69, 9.17) is 10.5 Å². The molecule has 0 aliphatic heterocycles. The van der Waals surface area contributed by atoms with Crippen LogP contribution in [0, 0.1) is 6.92 Å². The summed E-state index contributed by atoms with van der Waals surface area (Å²) in [5.74, 6) is 0.869. The maximum atomic E-state index is 5.90. The summed E-state index contributed by atoms with van der Waals surface area (Å²) in [5.41, 5.74) is 8.93. The number of nitrogens with two attached hydrogens (primary N) is 1. The van der Waals surface area contributed by atoms with Gasteiger partial charge in [0.1, 0.15) is 12.4 Å². The summed E-state index contributed by atoms with van der Waals surface area (Å²) in [6.45, 7) is 4.44. The summed E-state index contributed by atoms with van der Waals surface area (Å²) in [5, 5.41) is 0. The highest BCUT2D eigenvalue weighted by Crippen LogP contribution is 2.25. The molecule has 0 spiro atoms. The molecule has 0 amide bonds. The molecule has 3 nitrogen and oxygen atoms in total. The molecule has 106 valence electrons. The van der Waals surface area contributed by atoms with E-state index < -0.39 is 0 Å². The Bertz CT molecular complexity index is 584. The lowest BCUT2D eigenvalue weighted by molar-refractivity contribution is 0.297. The first-order valence-electron chi connectivity index (χ1n) is 6.64. The van der Waals surface area contributed by atoms with Gasteiger partial charge in [0.05, 0.1) is 5.69 Å². The molecule has 2 aromatic rings. The Morgan fingerprint density at radius 1 is 1.30 bits per heavy atom. The SMILES string of the molecule is Cc1cccc(COc2ccc(Br)cc2CC(C)N)n1. The van der Waals surface area contributed by atoms with Crippen molar-refractivity contribution in [3.8, 4) is 5.75 Å². The van der Waals surface area contributed by atoms with Gasteiger partial charge in [0, 0.05) is 16.2 Å². The monoisotopic (exact) mass is 334 g/mol. The predicted molar refractivity (Wildman–Crippen MR) is 84.8 cm³/mol. The molecule has 0 aliphatic carbocycles. The van der Waals surface area contributed by atoms with Crippen LogP contribution in [0.15, 0.2) is 40.9 Å². The summed E-state index contributed by atoms with van der Waals surface area (Å²) < 4.78 is 6.93. The minimum Gasteiger partial charge on any atom is -0.487 e. The lowest BCUT2D eigenvalue weighted by Gasteiger charge is -2.13. The zero-order chi connectivity index (χ0) is 14.5. The average molecular weight is 335 g/mol. The summed E-state index contributed by atoms with van der Waals surface area (Å²) in [4.78, 5) is 4.44. The molecular weight excluding hydrogens is 316 g/mol. The number of aryl methyl sites for hydroxylation is 1. The molecule has 0 saturated heterocycles. The van der Waals surface area contributed by atoms with Crippen molar-refractivity contribution in [3.63, 3.8) is 0 Å². The maximum Gasteiger partial charge on any atom is 0.130 e. The number of aromatic nitrogens is 1. The highest BCUT2D eigenvalue weighted by atomic mass is 79.9. The molecule has 2 rings (SSSR count). The predicted octanol–water partition coefficient (Wildman–Crippen LogP) is 3.62. The average Bonchev–Trinajstić information content (AvgIpc) is 2.37. The zero-order valence-electron chi connectivity index (χ0n) is 11.8. The van der Waals surface area contributed by atoms with Crippen LogP contribution in [-0.4, -0.2) is 11.0 Å². The van der Waals surface area contributed by atoms with Gasteiger partial charge in [0.25, 0.3) is 0 Å². The standard InChI is InChI=1S/C16H19BrN2O/c1-11(18)8-13-9-14(17)6-7-16(13)20-10-15-5-3-4-12(2)19-15/h3-7,9,11H,8,10,18H2,1-2H3. The van der Waals surface area contributed by atoms with Gasteiger partial charge in [0.2, 0.25) is 0 Å². The normalized spacial score (nSPS) is 12.2. The van der Waals surface area contributed by atoms with Crippen molar-refractivity contribution < 1.29 is 4.74 Å². The maximum absolute atomic E-state index is 5.90. The van der Waals surface area contributed by atoms with Gasteiger partial charge >= 0.3 is 0 Å². The first kappa shape index (κ1) is 15.0. The molecule has 0 bridgehead atoms. The van der Waals surface area contributed by atoms with E-state index in [-0.39, 0.29) is 6.04 Å². The third-order valence-electron chi connectivity index (χ3n) is 2.89. The van der Waals surface area contributed by atoms with Crippen LogP contribution in [0.3, 0.4) is 0 Å². The fourth-order valence-corrected chi connectivity index (χ4v) is 2.44. The Hall–Kier alpha value is -1.39. The molecule has 0 radical (unpaired) electrons. The van der Waals surface area contributed by atoms with Crippen LogP contribution >= 0.6 is 15.9 Å². The summed E-state index contributed by atoms with van der Waals surface area (Å²) in [6.07, 6.45) is 0.788. The van der Waals surface area contributed by atoms with Crippen molar-refractivity contribution in [2.45, 2.75) is 32.9 Å². The van der Waals surface area contributed by atoms with Crippen LogP contribution in [-0.2, 0) is 13.0 Å².